The summed E-state index contributed by atoms with van der Waals surface area (Å²) in [5, 5.41) is 14.6. The molecule has 2 aromatic carbocycles. The predicted molar refractivity (Wildman–Crippen MR) is 78.3 cm³/mol. The first-order valence-corrected chi connectivity index (χ1v) is 6.72. The molecule has 3 heteroatoms. The first-order chi connectivity index (χ1) is 9.33. The quantitative estimate of drug-likeness (QED) is 0.751. The van der Waals surface area contributed by atoms with E-state index in [1.165, 1.54) is 16.3 Å². The van der Waals surface area contributed by atoms with Crippen molar-refractivity contribution in [2.45, 2.75) is 13.0 Å². The molecule has 0 amide bonds. The molecular formula is C16H21NO2. The third kappa shape index (κ3) is 3.77. The Bertz CT molecular complexity index is 508. The van der Waals surface area contributed by atoms with Crippen LogP contribution in [0.2, 0.25) is 0 Å². The molecule has 0 aromatic heterocycles. The van der Waals surface area contributed by atoms with E-state index in [9.17, 15) is 0 Å². The largest absolute Gasteiger partial charge is 0.394 e. The van der Waals surface area contributed by atoms with Crippen molar-refractivity contribution in [3.63, 3.8) is 0 Å². The number of ether oxygens (including phenoxy) is 1. The molecule has 0 aliphatic heterocycles. The lowest BCUT2D eigenvalue weighted by atomic mass is 10.00. The maximum absolute atomic E-state index is 8.63. The Morgan fingerprint density at radius 2 is 1.89 bits per heavy atom. The average Bonchev–Trinajstić information content (AvgIpc) is 2.46. The zero-order chi connectivity index (χ0) is 13.5. The number of hydrogen-bond acceptors (Lipinski definition) is 3. The Labute approximate surface area is 114 Å². The van der Waals surface area contributed by atoms with Crippen molar-refractivity contribution in [2.75, 3.05) is 26.4 Å². The lowest BCUT2D eigenvalue weighted by Crippen LogP contribution is -2.23. The van der Waals surface area contributed by atoms with Crippen molar-refractivity contribution in [1.82, 2.24) is 5.32 Å². The van der Waals surface area contributed by atoms with Crippen LogP contribution in [0, 0.1) is 0 Å². The second kappa shape index (κ2) is 7.24. The molecule has 2 rings (SSSR count). The Balaban J connectivity index is 1.99. The van der Waals surface area contributed by atoms with Gasteiger partial charge in [0.2, 0.25) is 0 Å². The number of fused-ring (bicyclic) bond motifs is 1. The van der Waals surface area contributed by atoms with Crippen molar-refractivity contribution in [1.29, 1.82) is 0 Å². The molecule has 1 atom stereocenters. The van der Waals surface area contributed by atoms with Gasteiger partial charge in [0.25, 0.3) is 0 Å². The lowest BCUT2D eigenvalue weighted by molar-refractivity contribution is 0.0928. The molecule has 3 nitrogen and oxygen atoms in total. The summed E-state index contributed by atoms with van der Waals surface area (Å²) in [6.07, 6.45) is 0. The number of aliphatic hydroxyl groups is 1. The lowest BCUT2D eigenvalue weighted by Gasteiger charge is -2.16. The minimum Gasteiger partial charge on any atom is -0.394 e. The number of hydrogen-bond donors (Lipinski definition) is 2. The van der Waals surface area contributed by atoms with Crippen LogP contribution in [-0.4, -0.2) is 31.5 Å². The summed E-state index contributed by atoms with van der Waals surface area (Å²) in [7, 11) is 0. The summed E-state index contributed by atoms with van der Waals surface area (Å²) in [6, 6.07) is 15.1. The van der Waals surface area contributed by atoms with E-state index in [0.29, 0.717) is 13.2 Å². The Kier molecular flexibility index (Phi) is 5.33. The van der Waals surface area contributed by atoms with Crippen LogP contribution in [0.1, 0.15) is 18.5 Å². The molecule has 0 saturated heterocycles. The molecule has 0 bridgehead atoms. The smallest absolute Gasteiger partial charge is 0.0698 e. The summed E-state index contributed by atoms with van der Waals surface area (Å²) in [5.41, 5.74) is 1.31. The molecule has 2 N–H and O–H groups in total. The summed E-state index contributed by atoms with van der Waals surface area (Å²) >= 11 is 0. The number of benzene rings is 2. The van der Waals surface area contributed by atoms with Crippen LogP contribution in [-0.2, 0) is 4.74 Å². The van der Waals surface area contributed by atoms with Gasteiger partial charge in [-0.1, -0.05) is 42.5 Å². The first kappa shape index (κ1) is 14.0. The van der Waals surface area contributed by atoms with E-state index < -0.39 is 0 Å². The van der Waals surface area contributed by atoms with Crippen molar-refractivity contribution in [3.05, 3.63) is 48.0 Å². The standard InChI is InChI=1S/C16H21NO2/c1-13(17-9-11-19-12-10-18)15-8-4-6-14-5-2-3-7-16(14)15/h2-8,13,17-18H,9-12H2,1H3. The van der Waals surface area contributed by atoms with Gasteiger partial charge >= 0.3 is 0 Å². The Hall–Kier alpha value is -1.42. The second-order valence-electron chi connectivity index (χ2n) is 4.58. The van der Waals surface area contributed by atoms with E-state index in [-0.39, 0.29) is 12.6 Å². The van der Waals surface area contributed by atoms with Gasteiger partial charge in [-0.25, -0.2) is 0 Å². The molecule has 102 valence electrons. The predicted octanol–water partition coefficient (Wildman–Crippen LogP) is 2.50. The summed E-state index contributed by atoms with van der Waals surface area (Å²) in [5.74, 6) is 0. The van der Waals surface area contributed by atoms with Crippen molar-refractivity contribution < 1.29 is 9.84 Å². The SMILES string of the molecule is CC(NCCOCCO)c1cccc2ccccc12. The molecule has 0 aliphatic rings. The summed E-state index contributed by atoms with van der Waals surface area (Å²) in [6.45, 7) is 4.05. The molecule has 2 aromatic rings. The van der Waals surface area contributed by atoms with E-state index in [2.05, 4.69) is 54.7 Å². The van der Waals surface area contributed by atoms with Crippen molar-refractivity contribution in [3.8, 4) is 0 Å². The highest BCUT2D eigenvalue weighted by molar-refractivity contribution is 5.86. The topological polar surface area (TPSA) is 41.5 Å². The van der Waals surface area contributed by atoms with Gasteiger partial charge in [-0.05, 0) is 23.3 Å². The maximum Gasteiger partial charge on any atom is 0.0698 e. The van der Waals surface area contributed by atoms with E-state index >= 15 is 0 Å². The third-order valence-corrected chi connectivity index (χ3v) is 3.22. The van der Waals surface area contributed by atoms with Crippen LogP contribution in [0.4, 0.5) is 0 Å². The highest BCUT2D eigenvalue weighted by Crippen LogP contribution is 2.23. The van der Waals surface area contributed by atoms with Gasteiger partial charge in [0.15, 0.2) is 0 Å². The van der Waals surface area contributed by atoms with Crippen LogP contribution in [0.5, 0.6) is 0 Å². The van der Waals surface area contributed by atoms with Gasteiger partial charge < -0.3 is 15.2 Å². The highest BCUT2D eigenvalue weighted by Gasteiger charge is 2.07. The van der Waals surface area contributed by atoms with Gasteiger partial charge in [0, 0.05) is 12.6 Å². The van der Waals surface area contributed by atoms with E-state index in [4.69, 9.17) is 9.84 Å². The zero-order valence-electron chi connectivity index (χ0n) is 11.3. The van der Waals surface area contributed by atoms with Gasteiger partial charge in [-0.15, -0.1) is 0 Å². The van der Waals surface area contributed by atoms with Crippen LogP contribution in [0.25, 0.3) is 10.8 Å². The molecule has 0 aliphatic carbocycles. The first-order valence-electron chi connectivity index (χ1n) is 6.72. The van der Waals surface area contributed by atoms with Crippen LogP contribution in [0.3, 0.4) is 0 Å². The molecule has 0 radical (unpaired) electrons. The van der Waals surface area contributed by atoms with Crippen LogP contribution in [0.15, 0.2) is 42.5 Å². The normalized spacial score (nSPS) is 12.7. The van der Waals surface area contributed by atoms with E-state index in [1.54, 1.807) is 0 Å². The molecular weight excluding hydrogens is 238 g/mol. The second-order valence-corrected chi connectivity index (χ2v) is 4.58. The minimum absolute atomic E-state index is 0.0822. The van der Waals surface area contributed by atoms with E-state index in [0.717, 1.165) is 6.54 Å². The van der Waals surface area contributed by atoms with E-state index in [1.807, 2.05) is 0 Å². The van der Waals surface area contributed by atoms with Gasteiger partial charge in [-0.3, -0.25) is 0 Å². The fraction of sp³-hybridized carbons (Fsp3) is 0.375. The molecule has 1 unspecified atom stereocenters. The van der Waals surface area contributed by atoms with Crippen LogP contribution >= 0.6 is 0 Å². The fourth-order valence-corrected chi connectivity index (χ4v) is 2.25. The Morgan fingerprint density at radius 1 is 1.11 bits per heavy atom. The third-order valence-electron chi connectivity index (χ3n) is 3.22. The highest BCUT2D eigenvalue weighted by atomic mass is 16.5. The Morgan fingerprint density at radius 3 is 2.74 bits per heavy atom. The fourth-order valence-electron chi connectivity index (χ4n) is 2.25. The number of nitrogens with one attached hydrogen (secondary N) is 1. The monoisotopic (exact) mass is 259 g/mol. The van der Waals surface area contributed by atoms with Crippen LogP contribution < -0.4 is 5.32 Å². The number of aliphatic hydroxyl groups excluding tert-OH is 1. The molecule has 0 heterocycles. The van der Waals surface area contributed by atoms with Gasteiger partial charge in [0.05, 0.1) is 19.8 Å². The maximum atomic E-state index is 8.63. The molecule has 0 saturated carbocycles. The minimum atomic E-state index is 0.0822. The van der Waals surface area contributed by atoms with Gasteiger partial charge in [0.1, 0.15) is 0 Å². The van der Waals surface area contributed by atoms with Crippen molar-refractivity contribution >= 4 is 10.8 Å². The summed E-state index contributed by atoms with van der Waals surface area (Å²) < 4.78 is 5.24. The molecule has 0 spiro atoms. The summed E-state index contributed by atoms with van der Waals surface area (Å²) in [4.78, 5) is 0. The number of rotatable bonds is 7. The van der Waals surface area contributed by atoms with Gasteiger partial charge in [-0.2, -0.15) is 0 Å². The average molecular weight is 259 g/mol. The molecule has 19 heavy (non-hydrogen) atoms. The van der Waals surface area contributed by atoms with Crippen molar-refractivity contribution in [2.24, 2.45) is 0 Å². The zero-order valence-corrected chi connectivity index (χ0v) is 11.3. The molecule has 0 fully saturated rings.